The Morgan fingerprint density at radius 1 is 0.896 bits per heavy atom. The molecule has 0 bridgehead atoms. The van der Waals surface area contributed by atoms with Gasteiger partial charge in [-0.1, -0.05) is 48.5 Å². The summed E-state index contributed by atoms with van der Waals surface area (Å²) in [4.78, 5) is 38.4. The molecule has 256 valence electrons. The van der Waals surface area contributed by atoms with Gasteiger partial charge in [0.05, 0.1) is 18.8 Å². The summed E-state index contributed by atoms with van der Waals surface area (Å²) in [6.45, 7) is 3.95. The highest BCUT2D eigenvalue weighted by Gasteiger charge is 2.47. The third kappa shape index (κ3) is 8.12. The molecule has 48 heavy (non-hydrogen) atoms. The predicted octanol–water partition coefficient (Wildman–Crippen LogP) is 3.51. The van der Waals surface area contributed by atoms with E-state index in [2.05, 4.69) is 25.1 Å². The van der Waals surface area contributed by atoms with E-state index >= 15 is 0 Å². The average molecular weight is 669 g/mol. The molecule has 0 saturated carbocycles. The highest BCUT2D eigenvalue weighted by atomic mass is 19.4. The van der Waals surface area contributed by atoms with E-state index < -0.39 is 30.3 Å². The van der Waals surface area contributed by atoms with Gasteiger partial charge in [0.25, 0.3) is 0 Å². The van der Waals surface area contributed by atoms with Crippen molar-refractivity contribution in [3.05, 3.63) is 89.2 Å². The Balaban J connectivity index is 1.09. The molecule has 2 N–H and O–H groups in total. The fraction of sp³-hybridized carbons (Fsp3) is 0.471. The summed E-state index contributed by atoms with van der Waals surface area (Å²) in [6, 6.07) is 15.7. The van der Waals surface area contributed by atoms with Gasteiger partial charge in [0.1, 0.15) is 6.04 Å². The van der Waals surface area contributed by atoms with Crippen LogP contribution in [-0.2, 0) is 32.2 Å². The van der Waals surface area contributed by atoms with Gasteiger partial charge in [-0.25, -0.2) is 9.97 Å². The summed E-state index contributed by atoms with van der Waals surface area (Å²) in [5.74, 6) is -1.86. The molecule has 4 atom stereocenters. The van der Waals surface area contributed by atoms with Crippen LogP contribution in [0, 0.1) is 0 Å². The van der Waals surface area contributed by atoms with Crippen molar-refractivity contribution in [3.63, 3.8) is 0 Å². The van der Waals surface area contributed by atoms with E-state index in [0.29, 0.717) is 24.3 Å². The Morgan fingerprint density at radius 3 is 2.23 bits per heavy atom. The first-order valence-electron chi connectivity index (χ1n) is 16.2. The maximum absolute atomic E-state index is 13.0. The number of anilines is 1. The average Bonchev–Trinajstić information content (AvgIpc) is 3.61. The number of ether oxygens (including phenoxy) is 2. The lowest BCUT2D eigenvalue weighted by atomic mass is 9.99. The second-order valence-electron chi connectivity index (χ2n) is 12.3. The number of benzene rings is 2. The van der Waals surface area contributed by atoms with Crippen LogP contribution in [0.25, 0.3) is 0 Å². The molecule has 3 aliphatic heterocycles. The molecule has 3 fully saturated rings. The van der Waals surface area contributed by atoms with Crippen molar-refractivity contribution in [1.82, 2.24) is 25.1 Å². The molecule has 3 saturated heterocycles. The van der Waals surface area contributed by atoms with Gasteiger partial charge in [-0.15, -0.1) is 0 Å². The highest BCUT2D eigenvalue weighted by Crippen LogP contribution is 2.38. The Labute approximate surface area is 276 Å². The number of alkyl halides is 3. The lowest BCUT2D eigenvalue weighted by molar-refractivity contribution is -0.253. The molecule has 6 rings (SSSR count). The second kappa shape index (κ2) is 15.0. The van der Waals surface area contributed by atoms with Gasteiger partial charge in [0.2, 0.25) is 11.9 Å². The Kier molecular flexibility index (Phi) is 10.5. The fourth-order valence-electron chi connectivity index (χ4n) is 6.45. The maximum Gasteiger partial charge on any atom is 0.471 e. The van der Waals surface area contributed by atoms with E-state index in [9.17, 15) is 27.9 Å². The number of carbonyl (C=O) groups is 2. The lowest BCUT2D eigenvalue weighted by Gasteiger charge is -2.40. The van der Waals surface area contributed by atoms with E-state index in [1.165, 1.54) is 0 Å². The highest BCUT2D eigenvalue weighted by molar-refractivity contribution is 5.90. The Morgan fingerprint density at radius 2 is 1.56 bits per heavy atom. The van der Waals surface area contributed by atoms with E-state index in [1.807, 2.05) is 48.5 Å². The van der Waals surface area contributed by atoms with Crippen molar-refractivity contribution in [2.45, 2.75) is 63.1 Å². The number of nitrogens with one attached hydrogen (secondary N) is 1. The normalized spacial score (nSPS) is 23.7. The second-order valence-corrected chi connectivity index (χ2v) is 12.3. The minimum Gasteiger partial charge on any atom is -0.392 e. The summed E-state index contributed by atoms with van der Waals surface area (Å²) in [7, 11) is 0. The number of halogens is 3. The summed E-state index contributed by atoms with van der Waals surface area (Å²) < 4.78 is 51.9. The van der Waals surface area contributed by atoms with Crippen molar-refractivity contribution in [3.8, 4) is 0 Å². The number of likely N-dealkylation sites (tertiary alicyclic amines) is 1. The van der Waals surface area contributed by atoms with Crippen molar-refractivity contribution >= 4 is 17.8 Å². The first-order valence-corrected chi connectivity index (χ1v) is 16.2. The van der Waals surface area contributed by atoms with Crippen molar-refractivity contribution < 1.29 is 37.3 Å². The summed E-state index contributed by atoms with van der Waals surface area (Å²) >= 11 is 0. The van der Waals surface area contributed by atoms with Gasteiger partial charge < -0.3 is 29.7 Å². The molecule has 4 heterocycles. The number of nitrogens with zero attached hydrogens (tertiary/aromatic N) is 5. The predicted molar refractivity (Wildman–Crippen MR) is 168 cm³/mol. The zero-order valence-corrected chi connectivity index (χ0v) is 26.4. The van der Waals surface area contributed by atoms with Gasteiger partial charge in [-0.3, -0.25) is 14.5 Å². The van der Waals surface area contributed by atoms with Gasteiger partial charge in [0.15, 0.2) is 6.29 Å². The van der Waals surface area contributed by atoms with Gasteiger partial charge in [0, 0.05) is 70.2 Å². The topological polar surface area (TPSA) is 120 Å². The van der Waals surface area contributed by atoms with Crippen LogP contribution in [0.15, 0.2) is 67.0 Å². The number of rotatable bonds is 9. The number of hydrogen-bond donors (Lipinski definition) is 2. The molecule has 11 nitrogen and oxygen atoms in total. The first kappa shape index (κ1) is 33.8. The van der Waals surface area contributed by atoms with Crippen molar-refractivity contribution in [1.29, 1.82) is 0 Å². The molecular formula is C34H39F3N6O5. The number of amides is 2. The number of carbonyl (C=O) groups excluding carboxylic acids is 2. The molecule has 14 heteroatoms. The number of aromatic nitrogens is 2. The molecule has 3 aliphatic rings. The van der Waals surface area contributed by atoms with Gasteiger partial charge in [-0.05, 0) is 35.6 Å². The third-order valence-corrected chi connectivity index (χ3v) is 9.06. The number of aliphatic hydroxyl groups is 1. The van der Waals surface area contributed by atoms with Gasteiger partial charge >= 0.3 is 12.1 Å². The largest absolute Gasteiger partial charge is 0.471 e. The van der Waals surface area contributed by atoms with Crippen molar-refractivity contribution in [2.75, 3.05) is 44.2 Å². The smallest absolute Gasteiger partial charge is 0.392 e. The van der Waals surface area contributed by atoms with Crippen LogP contribution in [0.3, 0.4) is 0 Å². The number of piperazine rings is 1. The molecular weight excluding hydrogens is 629 g/mol. The number of aliphatic hydroxyl groups excluding tert-OH is 1. The zero-order chi connectivity index (χ0) is 33.7. The summed E-state index contributed by atoms with van der Waals surface area (Å²) in [5, 5.41) is 12.2. The maximum atomic E-state index is 13.0. The van der Waals surface area contributed by atoms with Crippen LogP contribution in [0.4, 0.5) is 19.1 Å². The summed E-state index contributed by atoms with van der Waals surface area (Å²) in [6.07, 6.45) is -1.38. The fourth-order valence-corrected chi connectivity index (χ4v) is 6.45. The van der Waals surface area contributed by atoms with Crippen LogP contribution < -0.4 is 10.2 Å². The SMILES string of the molecule is O=C(NCc1ccc([C@H]2O[C@@H](CN3CCN(c4ncccn4)CC3)C[C@@H](c3ccc(CO)cc3)O2)cc1)[C@@H]1CCCN1C(=O)C(F)(F)F. The Bertz CT molecular complexity index is 1520. The monoisotopic (exact) mass is 668 g/mol. The quantitative estimate of drug-likeness (QED) is 0.353. The minimum absolute atomic E-state index is 0.0441. The van der Waals surface area contributed by atoms with Crippen molar-refractivity contribution in [2.24, 2.45) is 0 Å². The van der Waals surface area contributed by atoms with Crippen LogP contribution >= 0.6 is 0 Å². The van der Waals surface area contributed by atoms with Crippen LogP contribution in [0.1, 0.15) is 53.9 Å². The van der Waals surface area contributed by atoms with Crippen LogP contribution in [-0.4, -0.2) is 94.3 Å². The molecule has 0 spiro atoms. The molecule has 0 unspecified atom stereocenters. The van der Waals surface area contributed by atoms with E-state index in [0.717, 1.165) is 54.4 Å². The Hall–Kier alpha value is -4.11. The molecule has 0 aliphatic carbocycles. The molecule has 2 aromatic carbocycles. The van der Waals surface area contributed by atoms with E-state index in [4.69, 9.17) is 9.47 Å². The van der Waals surface area contributed by atoms with Crippen LogP contribution in [0.2, 0.25) is 0 Å². The summed E-state index contributed by atoms with van der Waals surface area (Å²) in [5.41, 5.74) is 3.33. The molecule has 2 amide bonds. The number of hydrogen-bond acceptors (Lipinski definition) is 9. The zero-order valence-electron chi connectivity index (χ0n) is 26.4. The molecule has 3 aromatic rings. The van der Waals surface area contributed by atoms with Crippen LogP contribution in [0.5, 0.6) is 0 Å². The molecule has 1 aromatic heterocycles. The van der Waals surface area contributed by atoms with Gasteiger partial charge in [-0.2, -0.15) is 13.2 Å². The molecule has 0 radical (unpaired) electrons. The third-order valence-electron chi connectivity index (χ3n) is 9.06. The van der Waals surface area contributed by atoms with E-state index in [-0.39, 0.29) is 38.3 Å². The lowest BCUT2D eigenvalue weighted by Crippen LogP contribution is -2.50. The standard InChI is InChI=1S/C34H39F3N6O5/c35-34(36,37)32(46)43-14-1-3-28(43)30(45)40-20-23-4-10-26(11-5-23)31-47-27(19-29(48-31)25-8-6-24(22-44)7-9-25)21-41-15-17-42(18-16-41)33-38-12-2-13-39-33/h2,4-13,27-29,31,44H,1,3,14-22H2,(H,40,45)/t27-,28+,29+,31+/m1/s1. The first-order chi connectivity index (χ1) is 23.2. The van der Waals surface area contributed by atoms with E-state index in [1.54, 1.807) is 18.5 Å². The minimum atomic E-state index is -5.02.